The maximum atomic E-state index is 6.01. The Balaban J connectivity index is 1.38. The van der Waals surface area contributed by atoms with Crippen molar-refractivity contribution in [3.8, 4) is 23.0 Å². The fourth-order valence-corrected chi connectivity index (χ4v) is 4.93. The minimum Gasteiger partial charge on any atom is -0.457 e. The second kappa shape index (κ2) is 9.52. The van der Waals surface area contributed by atoms with Gasteiger partial charge in [0, 0.05) is 16.8 Å². The third kappa shape index (κ3) is 4.72. The van der Waals surface area contributed by atoms with Crippen molar-refractivity contribution >= 4 is 11.4 Å². The zero-order valence-electron chi connectivity index (χ0n) is 19.2. The normalized spacial score (nSPS) is 14.9. The van der Waals surface area contributed by atoms with Gasteiger partial charge in [0.15, 0.2) is 0 Å². The Bertz CT molecular complexity index is 1120. The van der Waals surface area contributed by atoms with Crippen LogP contribution in [0, 0.1) is 0 Å². The lowest BCUT2D eigenvalue weighted by atomic mass is 9.65. The van der Waals surface area contributed by atoms with Crippen LogP contribution in [0.2, 0.25) is 0 Å². The van der Waals surface area contributed by atoms with Gasteiger partial charge in [-0.15, -0.1) is 0 Å². The summed E-state index contributed by atoms with van der Waals surface area (Å²) in [6.07, 6.45) is 6.03. The Morgan fingerprint density at radius 1 is 0.441 bits per heavy atom. The SMILES string of the molecule is Nc1ccc(Oc2ccc(C3(c4ccc(Oc5ccc(N)cc5)cc4)CCCCC3)cc2)cc1. The van der Waals surface area contributed by atoms with Gasteiger partial charge in [0.05, 0.1) is 0 Å². The molecule has 0 unspecified atom stereocenters. The Morgan fingerprint density at radius 3 is 1.12 bits per heavy atom. The second-order valence-electron chi connectivity index (χ2n) is 9.03. The first-order valence-corrected chi connectivity index (χ1v) is 11.9. The van der Waals surface area contributed by atoms with Gasteiger partial charge in [-0.25, -0.2) is 0 Å². The van der Waals surface area contributed by atoms with Gasteiger partial charge in [0.1, 0.15) is 23.0 Å². The van der Waals surface area contributed by atoms with Crippen LogP contribution < -0.4 is 20.9 Å². The summed E-state index contributed by atoms with van der Waals surface area (Å²) < 4.78 is 12.0. The highest BCUT2D eigenvalue weighted by molar-refractivity contribution is 5.47. The molecule has 1 fully saturated rings. The summed E-state index contributed by atoms with van der Waals surface area (Å²) in [6.45, 7) is 0. The predicted molar refractivity (Wildman–Crippen MR) is 139 cm³/mol. The van der Waals surface area contributed by atoms with E-state index in [4.69, 9.17) is 20.9 Å². The van der Waals surface area contributed by atoms with E-state index < -0.39 is 0 Å². The molecule has 1 saturated carbocycles. The summed E-state index contributed by atoms with van der Waals surface area (Å²) in [7, 11) is 0. The molecule has 0 saturated heterocycles. The molecule has 1 aliphatic rings. The van der Waals surface area contributed by atoms with E-state index in [1.165, 1.54) is 30.4 Å². The number of rotatable bonds is 6. The molecular weight excluding hydrogens is 420 g/mol. The maximum Gasteiger partial charge on any atom is 0.127 e. The van der Waals surface area contributed by atoms with Crippen LogP contribution in [0.3, 0.4) is 0 Å². The van der Waals surface area contributed by atoms with Crippen molar-refractivity contribution < 1.29 is 9.47 Å². The van der Waals surface area contributed by atoms with Gasteiger partial charge in [-0.2, -0.15) is 0 Å². The van der Waals surface area contributed by atoms with E-state index >= 15 is 0 Å². The zero-order valence-corrected chi connectivity index (χ0v) is 19.2. The summed E-state index contributed by atoms with van der Waals surface area (Å²) >= 11 is 0. The van der Waals surface area contributed by atoms with E-state index in [-0.39, 0.29) is 5.41 Å². The molecule has 0 aliphatic heterocycles. The minimum atomic E-state index is 0.0116. The maximum absolute atomic E-state index is 6.01. The number of ether oxygens (including phenoxy) is 2. The van der Waals surface area contributed by atoms with Crippen molar-refractivity contribution in [3.05, 3.63) is 108 Å². The zero-order chi connectivity index (χ0) is 23.4. The van der Waals surface area contributed by atoms with Gasteiger partial charge in [-0.05, 0) is 96.8 Å². The van der Waals surface area contributed by atoms with Crippen molar-refractivity contribution in [1.29, 1.82) is 0 Å². The van der Waals surface area contributed by atoms with Crippen molar-refractivity contribution in [2.24, 2.45) is 0 Å². The third-order valence-corrected chi connectivity index (χ3v) is 6.75. The molecule has 34 heavy (non-hydrogen) atoms. The van der Waals surface area contributed by atoms with Gasteiger partial charge >= 0.3 is 0 Å². The van der Waals surface area contributed by atoms with Crippen LogP contribution in [0.15, 0.2) is 97.1 Å². The fourth-order valence-electron chi connectivity index (χ4n) is 4.93. The molecule has 0 radical (unpaired) electrons. The van der Waals surface area contributed by atoms with Crippen LogP contribution >= 0.6 is 0 Å². The number of nitrogens with two attached hydrogens (primary N) is 2. The highest BCUT2D eigenvalue weighted by atomic mass is 16.5. The van der Waals surface area contributed by atoms with Crippen molar-refractivity contribution in [2.75, 3.05) is 11.5 Å². The molecule has 4 aromatic rings. The monoisotopic (exact) mass is 450 g/mol. The molecule has 4 nitrogen and oxygen atoms in total. The van der Waals surface area contributed by atoms with E-state index in [0.717, 1.165) is 47.2 Å². The summed E-state index contributed by atoms with van der Waals surface area (Å²) in [5.74, 6) is 3.22. The number of nitrogen functional groups attached to an aromatic ring is 2. The lowest BCUT2D eigenvalue weighted by molar-refractivity contribution is 0.345. The van der Waals surface area contributed by atoms with Crippen molar-refractivity contribution in [3.63, 3.8) is 0 Å². The molecule has 0 spiro atoms. The Hall–Kier alpha value is -3.92. The standard InChI is InChI=1S/C30H30N2O2/c31-24-8-16-28(17-9-24)33-26-12-4-22(5-13-26)30(20-2-1-3-21-30)23-6-14-27(15-7-23)34-29-18-10-25(32)11-19-29/h4-19H,1-3,20-21,31-32H2. The molecule has 4 heteroatoms. The summed E-state index contributed by atoms with van der Waals surface area (Å²) in [4.78, 5) is 0. The first-order chi connectivity index (χ1) is 16.6. The van der Waals surface area contributed by atoms with Gasteiger partial charge in [0.2, 0.25) is 0 Å². The van der Waals surface area contributed by atoms with Gasteiger partial charge < -0.3 is 20.9 Å². The molecular formula is C30H30N2O2. The predicted octanol–water partition coefficient (Wildman–Crippen LogP) is 7.69. The van der Waals surface area contributed by atoms with Crippen LogP contribution in [0.5, 0.6) is 23.0 Å². The van der Waals surface area contributed by atoms with Gasteiger partial charge in [-0.3, -0.25) is 0 Å². The molecule has 172 valence electrons. The highest BCUT2D eigenvalue weighted by Gasteiger charge is 2.35. The number of benzene rings is 4. The molecule has 0 heterocycles. The summed E-state index contributed by atoms with van der Waals surface area (Å²) in [6, 6.07) is 32.1. The molecule has 0 amide bonds. The minimum absolute atomic E-state index is 0.0116. The Labute approximate surface area is 201 Å². The fraction of sp³-hybridized carbons (Fsp3) is 0.200. The van der Waals surface area contributed by atoms with Crippen LogP contribution in [-0.4, -0.2) is 0 Å². The van der Waals surface area contributed by atoms with Crippen molar-refractivity contribution in [2.45, 2.75) is 37.5 Å². The van der Waals surface area contributed by atoms with E-state index in [9.17, 15) is 0 Å². The lowest BCUT2D eigenvalue weighted by Crippen LogP contribution is -2.30. The van der Waals surface area contributed by atoms with E-state index in [1.54, 1.807) is 0 Å². The van der Waals surface area contributed by atoms with Crippen LogP contribution in [0.4, 0.5) is 11.4 Å². The number of hydrogen-bond acceptors (Lipinski definition) is 4. The van der Waals surface area contributed by atoms with E-state index in [2.05, 4.69) is 48.5 Å². The lowest BCUT2D eigenvalue weighted by Gasteiger charge is -2.38. The highest BCUT2D eigenvalue weighted by Crippen LogP contribution is 2.45. The molecule has 4 N–H and O–H groups in total. The average molecular weight is 451 g/mol. The molecule has 1 aliphatic carbocycles. The molecule has 0 aromatic heterocycles. The van der Waals surface area contributed by atoms with Gasteiger partial charge in [0.25, 0.3) is 0 Å². The molecule has 4 aromatic carbocycles. The first kappa shape index (κ1) is 21.9. The largest absolute Gasteiger partial charge is 0.457 e. The average Bonchev–Trinajstić information content (AvgIpc) is 2.88. The van der Waals surface area contributed by atoms with E-state index in [1.807, 2.05) is 48.5 Å². The van der Waals surface area contributed by atoms with Crippen molar-refractivity contribution in [1.82, 2.24) is 0 Å². The second-order valence-corrected chi connectivity index (χ2v) is 9.03. The number of hydrogen-bond donors (Lipinski definition) is 2. The summed E-state index contributed by atoms with van der Waals surface area (Å²) in [5.41, 5.74) is 15.7. The van der Waals surface area contributed by atoms with E-state index in [0.29, 0.717) is 0 Å². The van der Waals surface area contributed by atoms with Crippen LogP contribution in [0.25, 0.3) is 0 Å². The summed E-state index contributed by atoms with van der Waals surface area (Å²) in [5, 5.41) is 0. The van der Waals surface area contributed by atoms with Crippen LogP contribution in [-0.2, 0) is 5.41 Å². The molecule has 0 atom stereocenters. The van der Waals surface area contributed by atoms with Crippen LogP contribution in [0.1, 0.15) is 43.2 Å². The Kier molecular flexibility index (Phi) is 6.13. The Morgan fingerprint density at radius 2 is 0.765 bits per heavy atom. The first-order valence-electron chi connectivity index (χ1n) is 11.9. The van der Waals surface area contributed by atoms with Gasteiger partial charge in [-0.1, -0.05) is 43.5 Å². The third-order valence-electron chi connectivity index (χ3n) is 6.75. The molecule has 5 rings (SSSR count). The number of anilines is 2. The quantitative estimate of drug-likeness (QED) is 0.295. The molecule has 0 bridgehead atoms. The smallest absolute Gasteiger partial charge is 0.127 e. The topological polar surface area (TPSA) is 70.5 Å².